The van der Waals surface area contributed by atoms with E-state index in [1.165, 1.54) is 24.4 Å². The average molecular weight is 381 g/mol. The highest BCUT2D eigenvalue weighted by molar-refractivity contribution is 5.94. The Hall–Kier alpha value is -3.22. The summed E-state index contributed by atoms with van der Waals surface area (Å²) in [5, 5.41) is 0. The van der Waals surface area contributed by atoms with Crippen molar-refractivity contribution >= 4 is 5.91 Å². The molecule has 0 radical (unpaired) electrons. The summed E-state index contributed by atoms with van der Waals surface area (Å²) in [6.07, 6.45) is 5.93. The van der Waals surface area contributed by atoms with Gasteiger partial charge in [0, 0.05) is 25.2 Å². The Kier molecular flexibility index (Phi) is 5.06. The van der Waals surface area contributed by atoms with E-state index in [2.05, 4.69) is 9.97 Å². The van der Waals surface area contributed by atoms with Crippen LogP contribution in [0.2, 0.25) is 0 Å². The predicted octanol–water partition coefficient (Wildman–Crippen LogP) is 3.46. The van der Waals surface area contributed by atoms with Crippen molar-refractivity contribution in [3.8, 4) is 0 Å². The summed E-state index contributed by atoms with van der Waals surface area (Å²) in [6, 6.07) is 9.13. The number of benzene rings is 1. The van der Waals surface area contributed by atoms with E-state index in [0.717, 1.165) is 19.3 Å². The summed E-state index contributed by atoms with van der Waals surface area (Å²) in [6.45, 7) is 0.591. The van der Waals surface area contributed by atoms with E-state index in [1.807, 2.05) is 0 Å². The fourth-order valence-electron chi connectivity index (χ4n) is 3.53. The Labute approximate surface area is 161 Å². The number of likely N-dealkylation sites (tertiary alicyclic amines) is 1. The molecule has 28 heavy (non-hydrogen) atoms. The van der Waals surface area contributed by atoms with E-state index in [-0.39, 0.29) is 23.3 Å². The Morgan fingerprint density at radius 1 is 1.25 bits per heavy atom. The van der Waals surface area contributed by atoms with Gasteiger partial charge in [-0.15, -0.1) is 0 Å². The van der Waals surface area contributed by atoms with Crippen LogP contribution in [0.3, 0.4) is 0 Å². The maximum Gasteiger partial charge on any atom is 0.256 e. The molecule has 1 fully saturated rings. The summed E-state index contributed by atoms with van der Waals surface area (Å²) >= 11 is 0. The summed E-state index contributed by atoms with van der Waals surface area (Å²) in [4.78, 5) is 32.8. The van der Waals surface area contributed by atoms with Crippen LogP contribution in [0.5, 0.6) is 0 Å². The van der Waals surface area contributed by atoms with E-state index < -0.39 is 0 Å². The molecule has 6 nitrogen and oxygen atoms in total. The number of pyridine rings is 1. The van der Waals surface area contributed by atoms with Crippen molar-refractivity contribution in [1.29, 1.82) is 0 Å². The smallest absolute Gasteiger partial charge is 0.256 e. The molecule has 4 rings (SSSR count). The highest BCUT2D eigenvalue weighted by atomic mass is 19.1. The summed E-state index contributed by atoms with van der Waals surface area (Å²) in [5.74, 6) is 0.564. The van der Waals surface area contributed by atoms with Gasteiger partial charge in [0.15, 0.2) is 0 Å². The highest BCUT2D eigenvalue weighted by Gasteiger charge is 2.32. The third-order valence-electron chi connectivity index (χ3n) is 4.97. The second kappa shape index (κ2) is 7.80. The molecule has 0 unspecified atom stereocenters. The fraction of sp³-hybridized carbons (Fsp3) is 0.286. The van der Waals surface area contributed by atoms with Crippen LogP contribution in [0.25, 0.3) is 0 Å². The van der Waals surface area contributed by atoms with Crippen molar-refractivity contribution in [3.63, 3.8) is 0 Å². The van der Waals surface area contributed by atoms with Crippen LogP contribution in [0, 0.1) is 5.82 Å². The van der Waals surface area contributed by atoms with Gasteiger partial charge in [-0.05, 0) is 37.0 Å². The predicted molar refractivity (Wildman–Crippen MR) is 100 cm³/mol. The van der Waals surface area contributed by atoms with Gasteiger partial charge in [0.2, 0.25) is 11.4 Å². The lowest BCUT2D eigenvalue weighted by atomic mass is 10.0. The third kappa shape index (κ3) is 3.74. The van der Waals surface area contributed by atoms with Gasteiger partial charge in [-0.25, -0.2) is 9.37 Å². The zero-order valence-corrected chi connectivity index (χ0v) is 15.2. The summed E-state index contributed by atoms with van der Waals surface area (Å²) in [7, 11) is 0. The SMILES string of the molecule is O=C(c1ccc(=O)[nH]c1)N1CCCC[C@@H]1c1ncc(Cc2ccccc2F)o1. The first-order chi connectivity index (χ1) is 13.6. The molecule has 0 aliphatic carbocycles. The Morgan fingerprint density at radius 2 is 2.11 bits per heavy atom. The number of halogens is 1. The van der Waals surface area contributed by atoms with Crippen molar-refractivity contribution in [1.82, 2.24) is 14.9 Å². The first-order valence-electron chi connectivity index (χ1n) is 9.29. The number of rotatable bonds is 4. The minimum atomic E-state index is -0.284. The van der Waals surface area contributed by atoms with Crippen LogP contribution in [0.1, 0.15) is 52.9 Å². The van der Waals surface area contributed by atoms with Gasteiger partial charge in [-0.1, -0.05) is 18.2 Å². The molecule has 1 amide bonds. The minimum Gasteiger partial charge on any atom is -0.443 e. The van der Waals surface area contributed by atoms with Crippen LogP contribution in [-0.2, 0) is 6.42 Å². The lowest BCUT2D eigenvalue weighted by molar-refractivity contribution is 0.0569. The molecular weight excluding hydrogens is 361 g/mol. The molecular formula is C21H20FN3O3. The first kappa shape index (κ1) is 18.2. The number of carbonyl (C=O) groups is 1. The maximum atomic E-state index is 13.9. The Morgan fingerprint density at radius 3 is 2.89 bits per heavy atom. The molecule has 0 saturated carbocycles. The number of hydrogen-bond donors (Lipinski definition) is 1. The van der Waals surface area contributed by atoms with Crippen LogP contribution in [0.4, 0.5) is 4.39 Å². The zero-order valence-electron chi connectivity index (χ0n) is 15.2. The number of nitrogens with one attached hydrogen (secondary N) is 1. The number of oxazole rings is 1. The van der Waals surface area contributed by atoms with Gasteiger partial charge >= 0.3 is 0 Å². The highest BCUT2D eigenvalue weighted by Crippen LogP contribution is 2.32. The van der Waals surface area contributed by atoms with Crippen LogP contribution < -0.4 is 5.56 Å². The molecule has 1 saturated heterocycles. The second-order valence-electron chi connectivity index (χ2n) is 6.88. The van der Waals surface area contributed by atoms with Crippen LogP contribution >= 0.6 is 0 Å². The molecule has 1 aromatic carbocycles. The van der Waals surface area contributed by atoms with Gasteiger partial charge in [-0.2, -0.15) is 0 Å². The Balaban J connectivity index is 1.55. The average Bonchev–Trinajstić information content (AvgIpc) is 3.18. The number of carbonyl (C=O) groups excluding carboxylic acids is 1. The molecule has 0 bridgehead atoms. The molecule has 1 aliphatic rings. The molecule has 1 atom stereocenters. The van der Waals surface area contributed by atoms with Gasteiger partial charge < -0.3 is 14.3 Å². The van der Waals surface area contributed by atoms with Gasteiger partial charge in [0.25, 0.3) is 5.91 Å². The summed E-state index contributed by atoms with van der Waals surface area (Å²) < 4.78 is 19.8. The number of hydrogen-bond acceptors (Lipinski definition) is 4. The standard InChI is InChI=1S/C21H20FN3O3/c22-17-6-2-1-5-14(17)11-16-13-24-20(28-16)18-7-3-4-10-25(18)21(27)15-8-9-19(26)23-12-15/h1-2,5-6,8-9,12-13,18H,3-4,7,10-11H2,(H,23,26)/t18-/m1/s1. The number of H-pyrrole nitrogens is 1. The second-order valence-corrected chi connectivity index (χ2v) is 6.88. The number of amides is 1. The molecule has 7 heteroatoms. The molecule has 0 spiro atoms. The normalized spacial score (nSPS) is 16.9. The fourth-order valence-corrected chi connectivity index (χ4v) is 3.53. The lowest BCUT2D eigenvalue weighted by Crippen LogP contribution is -2.38. The molecule has 144 valence electrons. The lowest BCUT2D eigenvalue weighted by Gasteiger charge is -2.33. The number of nitrogens with zero attached hydrogens (tertiary/aromatic N) is 2. The van der Waals surface area contributed by atoms with E-state index in [1.54, 1.807) is 29.3 Å². The van der Waals surface area contributed by atoms with Gasteiger partial charge in [0.1, 0.15) is 17.6 Å². The van der Waals surface area contributed by atoms with E-state index in [0.29, 0.717) is 35.7 Å². The monoisotopic (exact) mass is 381 g/mol. The van der Waals surface area contributed by atoms with Gasteiger partial charge in [-0.3, -0.25) is 9.59 Å². The molecule has 1 aliphatic heterocycles. The maximum absolute atomic E-state index is 13.9. The van der Waals surface area contributed by atoms with Crippen LogP contribution in [-0.4, -0.2) is 27.3 Å². The van der Waals surface area contributed by atoms with Crippen molar-refractivity contribution in [2.75, 3.05) is 6.54 Å². The zero-order chi connectivity index (χ0) is 19.5. The summed E-state index contributed by atoms with van der Waals surface area (Å²) in [5.41, 5.74) is 0.705. The topological polar surface area (TPSA) is 79.2 Å². The van der Waals surface area contributed by atoms with Crippen LogP contribution in [0.15, 0.2) is 58.0 Å². The van der Waals surface area contributed by atoms with E-state index in [9.17, 15) is 14.0 Å². The quantitative estimate of drug-likeness (QED) is 0.751. The van der Waals surface area contributed by atoms with E-state index in [4.69, 9.17) is 4.42 Å². The number of piperidine rings is 1. The van der Waals surface area contributed by atoms with E-state index >= 15 is 0 Å². The van der Waals surface area contributed by atoms with Crippen molar-refractivity contribution < 1.29 is 13.6 Å². The molecule has 3 heterocycles. The van der Waals surface area contributed by atoms with Crippen molar-refractivity contribution in [2.45, 2.75) is 31.7 Å². The van der Waals surface area contributed by atoms with Crippen molar-refractivity contribution in [2.24, 2.45) is 0 Å². The molecule has 2 aromatic heterocycles. The Bertz CT molecular complexity index is 1020. The largest absolute Gasteiger partial charge is 0.443 e. The first-order valence-corrected chi connectivity index (χ1v) is 9.29. The van der Waals surface area contributed by atoms with Crippen molar-refractivity contribution in [3.05, 3.63) is 87.7 Å². The molecule has 1 N–H and O–H groups in total. The third-order valence-corrected chi connectivity index (χ3v) is 4.97. The number of aromatic nitrogens is 2. The van der Waals surface area contributed by atoms with Gasteiger partial charge in [0.05, 0.1) is 11.8 Å². The minimum absolute atomic E-state index is 0.171. The molecule has 3 aromatic rings. The number of aromatic amines is 1.